The zero-order valence-corrected chi connectivity index (χ0v) is 23.0. The summed E-state index contributed by atoms with van der Waals surface area (Å²) >= 11 is 0. The fourth-order valence-corrected chi connectivity index (χ4v) is 5.07. The zero-order chi connectivity index (χ0) is 28.6. The van der Waals surface area contributed by atoms with Gasteiger partial charge in [-0.2, -0.15) is 5.10 Å². The number of unbranched alkanes of at least 4 members (excludes halogenated alkanes) is 2. The number of nitrogens with one attached hydrogen (secondary N) is 2. The van der Waals surface area contributed by atoms with Crippen molar-refractivity contribution in [3.8, 4) is 16.9 Å². The molecule has 0 fully saturated rings. The van der Waals surface area contributed by atoms with Gasteiger partial charge in [-0.15, -0.1) is 0 Å². The van der Waals surface area contributed by atoms with Gasteiger partial charge in [0.25, 0.3) is 15.9 Å². The molecular weight excluding hydrogens is 520 g/mol. The molecule has 3 rings (SSSR count). The number of aryl methyl sites for hydroxylation is 2. The van der Waals surface area contributed by atoms with E-state index in [2.05, 4.69) is 20.3 Å². The van der Waals surface area contributed by atoms with E-state index in [1.807, 2.05) is 44.2 Å². The number of oxime groups is 1. The molecule has 0 radical (unpaired) electrons. The van der Waals surface area contributed by atoms with Crippen LogP contribution in [0.1, 0.15) is 50.3 Å². The van der Waals surface area contributed by atoms with E-state index in [0.29, 0.717) is 31.4 Å². The summed E-state index contributed by atoms with van der Waals surface area (Å²) in [5, 5.41) is 18.6. The largest absolute Gasteiger partial charge is 0.409 e. The van der Waals surface area contributed by atoms with Crippen LogP contribution in [0.15, 0.2) is 64.6 Å². The number of aromatic nitrogens is 2. The molecule has 0 unspecified atom stereocenters. The van der Waals surface area contributed by atoms with Crippen molar-refractivity contribution in [2.24, 2.45) is 10.9 Å². The molecule has 12 heteroatoms. The first kappa shape index (κ1) is 29.4. The quantitative estimate of drug-likeness (QED) is 0.0876. The van der Waals surface area contributed by atoms with Crippen molar-refractivity contribution >= 4 is 27.7 Å². The maximum atomic E-state index is 13.0. The SMILES string of the molecule is CC(=O)N[C@@H](CCCCC/C(N)=N/O)C(=O)NS(=O)(=O)c1ccc(-n2nc(C)cc2-c2ccc(C)cc2)cc1. The summed E-state index contributed by atoms with van der Waals surface area (Å²) in [6.45, 7) is 5.15. The number of amides is 2. The van der Waals surface area contributed by atoms with Gasteiger partial charge in [0.05, 0.1) is 22.0 Å². The standard InChI is InChI=1S/C27H34N6O5S/c1-18-9-11-21(12-10-18)25-17-19(2)30-33(25)22-13-15-23(16-14-22)39(37,38)32-27(35)24(29-20(3)34)7-5-4-6-8-26(28)31-36/h9-17,24,36H,4-8H2,1-3H3,(H2,28,31)(H,29,34)(H,32,35)/t24-/m0/s1. The number of hydrogen-bond donors (Lipinski definition) is 4. The Kier molecular flexibility index (Phi) is 9.83. The van der Waals surface area contributed by atoms with Gasteiger partial charge in [-0.1, -0.05) is 47.8 Å². The predicted molar refractivity (Wildman–Crippen MR) is 148 cm³/mol. The number of rotatable bonds is 12. The minimum Gasteiger partial charge on any atom is -0.409 e. The van der Waals surface area contributed by atoms with E-state index in [4.69, 9.17) is 10.9 Å². The molecular formula is C27H34N6O5S. The van der Waals surface area contributed by atoms with Crippen molar-refractivity contribution in [3.63, 3.8) is 0 Å². The van der Waals surface area contributed by atoms with Crippen LogP contribution < -0.4 is 15.8 Å². The van der Waals surface area contributed by atoms with Crippen LogP contribution in [0.4, 0.5) is 0 Å². The Bertz CT molecular complexity index is 1430. The number of amidine groups is 1. The molecule has 0 aliphatic rings. The minimum atomic E-state index is -4.19. The van der Waals surface area contributed by atoms with E-state index >= 15 is 0 Å². The summed E-state index contributed by atoms with van der Waals surface area (Å²) in [5.74, 6) is -1.17. The van der Waals surface area contributed by atoms with Gasteiger partial charge in [0.1, 0.15) is 11.9 Å². The normalized spacial score (nSPS) is 12.6. The Labute approximate surface area is 228 Å². The van der Waals surface area contributed by atoms with Crippen molar-refractivity contribution in [3.05, 3.63) is 65.9 Å². The van der Waals surface area contributed by atoms with Crippen LogP contribution in [0.2, 0.25) is 0 Å². The lowest BCUT2D eigenvalue weighted by Crippen LogP contribution is -2.47. The highest BCUT2D eigenvalue weighted by atomic mass is 32.2. The number of benzene rings is 2. The van der Waals surface area contributed by atoms with Gasteiger partial charge in [-0.05, 0) is 57.0 Å². The number of hydrogen-bond acceptors (Lipinski definition) is 7. The molecule has 1 aromatic heterocycles. The third kappa shape index (κ3) is 8.14. The monoisotopic (exact) mass is 554 g/mol. The molecule has 2 aromatic carbocycles. The highest BCUT2D eigenvalue weighted by molar-refractivity contribution is 7.90. The zero-order valence-electron chi connectivity index (χ0n) is 22.2. The maximum absolute atomic E-state index is 13.0. The summed E-state index contributed by atoms with van der Waals surface area (Å²) in [5.41, 5.74) is 9.88. The summed E-state index contributed by atoms with van der Waals surface area (Å²) in [7, 11) is -4.19. The van der Waals surface area contributed by atoms with Gasteiger partial charge in [-0.3, -0.25) is 9.59 Å². The summed E-state index contributed by atoms with van der Waals surface area (Å²) in [4.78, 5) is 24.3. The maximum Gasteiger partial charge on any atom is 0.264 e. The highest BCUT2D eigenvalue weighted by Gasteiger charge is 2.25. The fraction of sp³-hybridized carbons (Fsp3) is 0.333. The summed E-state index contributed by atoms with van der Waals surface area (Å²) in [6.07, 6.45) is 2.42. The molecule has 0 saturated carbocycles. The molecule has 3 aromatic rings. The Morgan fingerprint density at radius 2 is 1.72 bits per heavy atom. The first-order chi connectivity index (χ1) is 18.5. The lowest BCUT2D eigenvalue weighted by Gasteiger charge is -2.18. The summed E-state index contributed by atoms with van der Waals surface area (Å²) < 4.78 is 29.8. The van der Waals surface area contributed by atoms with Crippen LogP contribution in [-0.2, 0) is 19.6 Å². The van der Waals surface area contributed by atoms with Crippen LogP contribution in [0, 0.1) is 13.8 Å². The van der Waals surface area contributed by atoms with Gasteiger partial charge in [0.15, 0.2) is 0 Å². The van der Waals surface area contributed by atoms with Crippen molar-refractivity contribution < 1.29 is 23.2 Å². The smallest absolute Gasteiger partial charge is 0.264 e. The van der Waals surface area contributed by atoms with Crippen LogP contribution in [-0.4, -0.2) is 47.1 Å². The van der Waals surface area contributed by atoms with E-state index in [1.165, 1.54) is 19.1 Å². The highest BCUT2D eigenvalue weighted by Crippen LogP contribution is 2.25. The van der Waals surface area contributed by atoms with Crippen molar-refractivity contribution in [2.45, 2.75) is 63.8 Å². The van der Waals surface area contributed by atoms with E-state index in [-0.39, 0.29) is 17.2 Å². The molecule has 0 aliphatic carbocycles. The van der Waals surface area contributed by atoms with Gasteiger partial charge in [0.2, 0.25) is 5.91 Å². The molecule has 0 spiro atoms. The van der Waals surface area contributed by atoms with E-state index in [0.717, 1.165) is 22.5 Å². The van der Waals surface area contributed by atoms with Crippen molar-refractivity contribution in [1.29, 1.82) is 0 Å². The predicted octanol–water partition coefficient (Wildman–Crippen LogP) is 3.16. The second-order valence-corrected chi connectivity index (χ2v) is 11.0. The Balaban J connectivity index is 1.71. The Morgan fingerprint density at radius 1 is 1.05 bits per heavy atom. The summed E-state index contributed by atoms with van der Waals surface area (Å²) in [6, 6.07) is 15.0. The number of sulfonamides is 1. The third-order valence-electron chi connectivity index (χ3n) is 6.05. The van der Waals surface area contributed by atoms with Crippen molar-refractivity contribution in [1.82, 2.24) is 19.8 Å². The van der Waals surface area contributed by atoms with E-state index in [1.54, 1.807) is 16.8 Å². The lowest BCUT2D eigenvalue weighted by molar-refractivity contribution is -0.127. The minimum absolute atomic E-state index is 0.0966. The van der Waals surface area contributed by atoms with Gasteiger partial charge in [0, 0.05) is 18.9 Å². The fourth-order valence-electron chi connectivity index (χ4n) is 4.05. The van der Waals surface area contributed by atoms with Crippen molar-refractivity contribution in [2.75, 3.05) is 0 Å². The number of carbonyl (C=O) groups excluding carboxylic acids is 2. The van der Waals surface area contributed by atoms with E-state index in [9.17, 15) is 18.0 Å². The molecule has 11 nitrogen and oxygen atoms in total. The molecule has 5 N–H and O–H groups in total. The molecule has 0 saturated heterocycles. The number of nitrogens with zero attached hydrogens (tertiary/aromatic N) is 3. The third-order valence-corrected chi connectivity index (χ3v) is 7.42. The molecule has 2 amide bonds. The topological polar surface area (TPSA) is 169 Å². The van der Waals surface area contributed by atoms with Crippen LogP contribution in [0.25, 0.3) is 16.9 Å². The van der Waals surface area contributed by atoms with Gasteiger partial charge in [-0.25, -0.2) is 17.8 Å². The molecule has 1 heterocycles. The first-order valence-corrected chi connectivity index (χ1v) is 14.0. The second-order valence-electron chi connectivity index (χ2n) is 9.36. The Hall–Kier alpha value is -4.19. The Morgan fingerprint density at radius 3 is 2.33 bits per heavy atom. The average molecular weight is 555 g/mol. The molecule has 208 valence electrons. The second kappa shape index (κ2) is 13.1. The molecule has 1 atom stereocenters. The van der Waals surface area contributed by atoms with Gasteiger partial charge >= 0.3 is 0 Å². The van der Waals surface area contributed by atoms with E-state index < -0.39 is 27.9 Å². The molecule has 39 heavy (non-hydrogen) atoms. The van der Waals surface area contributed by atoms with Crippen LogP contribution in [0.3, 0.4) is 0 Å². The number of nitrogens with two attached hydrogens (primary N) is 1. The molecule has 0 bridgehead atoms. The number of carbonyl (C=O) groups is 2. The lowest BCUT2D eigenvalue weighted by atomic mass is 10.1. The average Bonchev–Trinajstić information content (AvgIpc) is 3.29. The molecule has 0 aliphatic heterocycles. The first-order valence-electron chi connectivity index (χ1n) is 12.5. The van der Waals surface area contributed by atoms with Gasteiger partial charge < -0.3 is 16.3 Å². The van der Waals surface area contributed by atoms with Crippen LogP contribution >= 0.6 is 0 Å². The van der Waals surface area contributed by atoms with Crippen LogP contribution in [0.5, 0.6) is 0 Å².